The first-order chi connectivity index (χ1) is 7.84. The van der Waals surface area contributed by atoms with Crippen molar-refractivity contribution in [1.82, 2.24) is 0 Å². The van der Waals surface area contributed by atoms with Crippen LogP contribution >= 0.6 is 0 Å². The van der Waals surface area contributed by atoms with Crippen molar-refractivity contribution in [1.29, 1.82) is 0 Å². The van der Waals surface area contributed by atoms with E-state index in [9.17, 15) is 0 Å². The lowest BCUT2D eigenvalue weighted by Gasteiger charge is -2.00. The van der Waals surface area contributed by atoms with E-state index in [1.54, 1.807) is 0 Å². The largest absolute Gasteiger partial charge is 0.309 e. The number of hydrogen-bond acceptors (Lipinski definition) is 0. The van der Waals surface area contributed by atoms with E-state index in [1.165, 1.54) is 5.56 Å². The first kappa shape index (κ1) is 10.3. The predicted molar refractivity (Wildman–Crippen MR) is 67.0 cm³/mol. The molecule has 0 aliphatic rings. The molecular weight excluding hydrogens is 196 g/mol. The van der Waals surface area contributed by atoms with Gasteiger partial charge in [0.25, 0.3) is 0 Å². The number of benzene rings is 2. The molecule has 0 heterocycles. The number of hydrogen-bond donors (Lipinski definition) is 0. The molecule has 0 aromatic heterocycles. The second-order valence-electron chi connectivity index (χ2n) is 3.51. The molecule has 0 unspecified atom stereocenters. The van der Waals surface area contributed by atoms with Crippen molar-refractivity contribution in [3.8, 4) is 6.07 Å². The highest BCUT2D eigenvalue weighted by molar-refractivity contribution is 5.51. The van der Waals surface area contributed by atoms with Gasteiger partial charge in [0.1, 0.15) is 5.56 Å². The van der Waals surface area contributed by atoms with Crippen molar-refractivity contribution in [2.75, 3.05) is 0 Å². The van der Waals surface area contributed by atoms with Crippen LogP contribution in [0.2, 0.25) is 0 Å². The average Bonchev–Trinajstić information content (AvgIpc) is 2.33. The normalized spacial score (nSPS) is 9.06. The molecule has 2 nitrogen and oxygen atoms in total. The molecule has 2 heteroatoms. The molecular formula is C14H12N2. The summed E-state index contributed by atoms with van der Waals surface area (Å²) < 4.78 is 0. The number of aryl methyl sites for hydroxylation is 1. The Balaban J connectivity index is 2.03. The van der Waals surface area contributed by atoms with Crippen LogP contribution in [-0.2, 0) is 0 Å². The molecule has 0 N–H and O–H groups in total. The van der Waals surface area contributed by atoms with Crippen LogP contribution in [0.25, 0.3) is 10.4 Å². The summed E-state index contributed by atoms with van der Waals surface area (Å²) in [6, 6.07) is 20.5. The van der Waals surface area contributed by atoms with Crippen molar-refractivity contribution in [3.05, 3.63) is 76.1 Å². The first-order valence-corrected chi connectivity index (χ1v) is 5.13. The van der Waals surface area contributed by atoms with Gasteiger partial charge in [-0.1, -0.05) is 58.7 Å². The Bertz CT molecular complexity index is 504. The van der Waals surface area contributed by atoms with Gasteiger partial charge in [-0.05, 0) is 19.1 Å². The minimum Gasteiger partial charge on any atom is -0.278 e. The predicted octanol–water partition coefficient (Wildman–Crippen LogP) is 4.30. The van der Waals surface area contributed by atoms with Crippen LogP contribution in [0, 0.1) is 13.0 Å². The first-order valence-electron chi connectivity index (χ1n) is 5.13. The van der Waals surface area contributed by atoms with Crippen LogP contribution in [0.4, 0.5) is 5.69 Å². The maximum Gasteiger partial charge on any atom is 0.309 e. The van der Waals surface area contributed by atoms with Gasteiger partial charge in [-0.3, -0.25) is 5.43 Å². The standard InChI is InChI=1S/C14H12N2/c1-12-7-9-14(10-8-12)16-15-11-13-5-3-2-4-6-13/h2-10H,1H3. The summed E-state index contributed by atoms with van der Waals surface area (Å²) in [7, 11) is 0. The molecule has 0 atom stereocenters. The van der Waals surface area contributed by atoms with E-state index in [0.717, 1.165) is 11.3 Å². The van der Waals surface area contributed by atoms with Crippen LogP contribution in [0.5, 0.6) is 0 Å². The average molecular weight is 208 g/mol. The smallest absolute Gasteiger partial charge is 0.278 e. The molecule has 2 aromatic rings. The Morgan fingerprint density at radius 1 is 0.938 bits per heavy atom. The van der Waals surface area contributed by atoms with E-state index in [2.05, 4.69) is 16.4 Å². The molecule has 0 saturated carbocycles. The fraction of sp³-hybridized carbons (Fsp3) is 0.0714. The summed E-state index contributed by atoms with van der Waals surface area (Å²) in [5, 5.41) is 0. The van der Waals surface area contributed by atoms with Gasteiger partial charge in [-0.2, -0.15) is 0 Å². The van der Waals surface area contributed by atoms with Gasteiger partial charge in [0, 0.05) is 0 Å². The van der Waals surface area contributed by atoms with Gasteiger partial charge in [-0.15, -0.1) is 0 Å². The molecule has 0 aliphatic heterocycles. The van der Waals surface area contributed by atoms with Crippen molar-refractivity contribution in [3.63, 3.8) is 0 Å². The summed E-state index contributed by atoms with van der Waals surface area (Å²) in [5.41, 5.74) is 7.04. The van der Waals surface area contributed by atoms with Gasteiger partial charge < -0.3 is 0 Å². The quantitative estimate of drug-likeness (QED) is 0.622. The molecule has 16 heavy (non-hydrogen) atoms. The Kier molecular flexibility index (Phi) is 3.20. The van der Waals surface area contributed by atoms with Crippen LogP contribution in [0.15, 0.2) is 54.6 Å². The van der Waals surface area contributed by atoms with E-state index >= 15 is 0 Å². The van der Waals surface area contributed by atoms with Gasteiger partial charge in [-0.25, -0.2) is 0 Å². The van der Waals surface area contributed by atoms with Crippen molar-refractivity contribution >= 4 is 5.69 Å². The Morgan fingerprint density at radius 2 is 1.62 bits per heavy atom. The highest BCUT2D eigenvalue weighted by Crippen LogP contribution is 2.18. The summed E-state index contributed by atoms with van der Waals surface area (Å²) in [6.45, 7) is 2.04. The second kappa shape index (κ2) is 4.99. The molecule has 0 bridgehead atoms. The lowest BCUT2D eigenvalue weighted by Crippen LogP contribution is -1.70. The minimum atomic E-state index is 0.842. The van der Waals surface area contributed by atoms with Crippen LogP contribution in [0.3, 0.4) is 0 Å². The van der Waals surface area contributed by atoms with Gasteiger partial charge in [0.2, 0.25) is 0 Å². The summed E-state index contributed by atoms with van der Waals surface area (Å²) in [6.07, 6.45) is 0. The third-order valence-electron chi connectivity index (χ3n) is 2.15. The topological polar surface area (TPSA) is 18.5 Å². The second-order valence-corrected chi connectivity index (χ2v) is 3.51. The molecule has 0 amide bonds. The molecule has 0 aliphatic carbocycles. The van der Waals surface area contributed by atoms with E-state index < -0.39 is 0 Å². The summed E-state index contributed by atoms with van der Waals surface area (Å²) in [4.78, 5) is 3.92. The lowest BCUT2D eigenvalue weighted by molar-refractivity contribution is 1.47. The van der Waals surface area contributed by atoms with Crippen LogP contribution in [0.1, 0.15) is 11.1 Å². The molecule has 0 radical (unpaired) electrons. The number of rotatable bonds is 1. The van der Waals surface area contributed by atoms with E-state index in [1.807, 2.05) is 61.5 Å². The van der Waals surface area contributed by atoms with Crippen LogP contribution in [-0.4, -0.2) is 0 Å². The Labute approximate surface area is 95.3 Å². The van der Waals surface area contributed by atoms with Crippen molar-refractivity contribution in [2.24, 2.45) is 0 Å². The third kappa shape index (κ3) is 2.86. The summed E-state index contributed by atoms with van der Waals surface area (Å²) in [5.74, 6) is 0. The van der Waals surface area contributed by atoms with Crippen molar-refractivity contribution in [2.45, 2.75) is 6.92 Å². The molecule has 2 rings (SSSR count). The van der Waals surface area contributed by atoms with E-state index in [-0.39, 0.29) is 0 Å². The third-order valence-corrected chi connectivity index (χ3v) is 2.15. The SMILES string of the molecule is Cc1ccc([N-][N+]#Cc2ccccc2)cc1. The van der Waals surface area contributed by atoms with Crippen LogP contribution < -0.4 is 0 Å². The zero-order chi connectivity index (χ0) is 11.2. The monoisotopic (exact) mass is 208 g/mol. The molecule has 78 valence electrons. The van der Waals surface area contributed by atoms with E-state index in [4.69, 9.17) is 0 Å². The summed E-state index contributed by atoms with van der Waals surface area (Å²) >= 11 is 0. The molecule has 0 fully saturated rings. The molecule has 2 aromatic carbocycles. The number of nitrogens with zero attached hydrogens (tertiary/aromatic N) is 2. The Hall–Kier alpha value is -2.27. The minimum absolute atomic E-state index is 0.842. The van der Waals surface area contributed by atoms with Gasteiger partial charge in [0.05, 0.1) is 0 Å². The van der Waals surface area contributed by atoms with Crippen molar-refractivity contribution < 1.29 is 0 Å². The maximum absolute atomic E-state index is 4.06. The Morgan fingerprint density at radius 3 is 2.31 bits per heavy atom. The van der Waals surface area contributed by atoms with E-state index in [0.29, 0.717) is 0 Å². The molecule has 0 saturated heterocycles. The molecule has 0 spiro atoms. The fourth-order valence-electron chi connectivity index (χ4n) is 1.26. The van der Waals surface area contributed by atoms with Gasteiger partial charge >= 0.3 is 6.07 Å². The maximum atomic E-state index is 4.06. The zero-order valence-electron chi connectivity index (χ0n) is 9.09. The lowest BCUT2D eigenvalue weighted by atomic mass is 10.2. The fourth-order valence-corrected chi connectivity index (χ4v) is 1.26. The zero-order valence-corrected chi connectivity index (χ0v) is 9.09. The van der Waals surface area contributed by atoms with Gasteiger partial charge in [0.15, 0.2) is 0 Å². The highest BCUT2D eigenvalue weighted by Gasteiger charge is 1.89. The highest BCUT2D eigenvalue weighted by atomic mass is 15.3.